The van der Waals surface area contributed by atoms with Gasteiger partial charge in [-0.05, 0) is 24.8 Å². The Balaban J connectivity index is 1.84. The fourth-order valence-corrected chi connectivity index (χ4v) is 2.23. The number of amides is 1. The standard InChI is InChI=1S/C15H19NO5/c17-14(18)13(12-8-4-5-9-20-12)16-15(19)21-10-11-6-2-1-3-7-11/h1-3,6-7,12-13H,4-5,8-10H2,(H,16,19)(H,17,18). The Kier molecular flexibility index (Phi) is 5.57. The summed E-state index contributed by atoms with van der Waals surface area (Å²) in [5, 5.41) is 11.6. The Morgan fingerprint density at radius 1 is 1.33 bits per heavy atom. The van der Waals surface area contributed by atoms with Crippen molar-refractivity contribution >= 4 is 12.1 Å². The number of nitrogens with one attached hydrogen (secondary N) is 1. The molecule has 1 aliphatic heterocycles. The Hall–Kier alpha value is -2.08. The molecule has 2 N–H and O–H groups in total. The predicted molar refractivity (Wildman–Crippen MR) is 74.8 cm³/mol. The smallest absolute Gasteiger partial charge is 0.408 e. The maximum Gasteiger partial charge on any atom is 0.408 e. The van der Waals surface area contributed by atoms with Gasteiger partial charge in [0.05, 0.1) is 6.10 Å². The quantitative estimate of drug-likeness (QED) is 0.866. The first kappa shape index (κ1) is 15.3. The van der Waals surface area contributed by atoms with E-state index in [1.54, 1.807) is 0 Å². The number of aliphatic carboxylic acids is 1. The lowest BCUT2D eigenvalue weighted by atomic mass is 10.0. The summed E-state index contributed by atoms with van der Waals surface area (Å²) in [6.07, 6.45) is 1.19. The van der Waals surface area contributed by atoms with E-state index in [0.717, 1.165) is 18.4 Å². The number of rotatable bonds is 5. The number of carbonyl (C=O) groups is 2. The zero-order valence-corrected chi connectivity index (χ0v) is 11.7. The molecule has 1 saturated heterocycles. The summed E-state index contributed by atoms with van der Waals surface area (Å²) in [5.74, 6) is -1.11. The Morgan fingerprint density at radius 3 is 2.71 bits per heavy atom. The molecule has 1 aromatic rings. The minimum absolute atomic E-state index is 0.102. The molecular weight excluding hydrogens is 274 g/mol. The van der Waals surface area contributed by atoms with Crippen molar-refractivity contribution in [3.8, 4) is 0 Å². The molecule has 6 nitrogen and oxygen atoms in total. The van der Waals surface area contributed by atoms with E-state index in [1.165, 1.54) is 0 Å². The van der Waals surface area contributed by atoms with Gasteiger partial charge >= 0.3 is 12.1 Å². The number of alkyl carbamates (subject to hydrolysis) is 1. The van der Waals surface area contributed by atoms with Crippen LogP contribution in [0.4, 0.5) is 4.79 Å². The van der Waals surface area contributed by atoms with Crippen LogP contribution < -0.4 is 5.32 Å². The van der Waals surface area contributed by atoms with Crippen molar-refractivity contribution in [2.45, 2.75) is 38.0 Å². The van der Waals surface area contributed by atoms with E-state index >= 15 is 0 Å². The van der Waals surface area contributed by atoms with E-state index in [4.69, 9.17) is 9.47 Å². The van der Waals surface area contributed by atoms with Crippen molar-refractivity contribution in [1.29, 1.82) is 0 Å². The van der Waals surface area contributed by atoms with Crippen molar-refractivity contribution in [2.24, 2.45) is 0 Å². The molecule has 1 aromatic carbocycles. The summed E-state index contributed by atoms with van der Waals surface area (Å²) in [5.41, 5.74) is 0.841. The molecular formula is C15H19NO5. The molecule has 1 amide bonds. The van der Waals surface area contributed by atoms with Gasteiger partial charge in [0, 0.05) is 6.61 Å². The zero-order valence-electron chi connectivity index (χ0n) is 11.7. The molecule has 0 spiro atoms. The van der Waals surface area contributed by atoms with Gasteiger partial charge in [-0.3, -0.25) is 0 Å². The topological polar surface area (TPSA) is 84.9 Å². The summed E-state index contributed by atoms with van der Waals surface area (Å²) in [6.45, 7) is 0.625. The average Bonchev–Trinajstić information content (AvgIpc) is 2.52. The Labute approximate surface area is 123 Å². The first-order chi connectivity index (χ1) is 10.2. The van der Waals surface area contributed by atoms with E-state index < -0.39 is 24.2 Å². The molecule has 2 atom stereocenters. The van der Waals surface area contributed by atoms with Crippen LogP contribution >= 0.6 is 0 Å². The summed E-state index contributed by atoms with van der Waals surface area (Å²) >= 11 is 0. The molecule has 0 radical (unpaired) electrons. The molecule has 0 bridgehead atoms. The van der Waals surface area contributed by atoms with Crippen LogP contribution in [0, 0.1) is 0 Å². The molecule has 1 aliphatic rings. The van der Waals surface area contributed by atoms with E-state index in [1.807, 2.05) is 30.3 Å². The van der Waals surface area contributed by atoms with Crippen LogP contribution in [0.3, 0.4) is 0 Å². The maximum absolute atomic E-state index is 11.7. The van der Waals surface area contributed by atoms with Crippen molar-refractivity contribution < 1.29 is 24.2 Å². The second kappa shape index (κ2) is 7.64. The predicted octanol–water partition coefficient (Wildman–Crippen LogP) is 1.94. The van der Waals surface area contributed by atoms with Gasteiger partial charge in [0.2, 0.25) is 0 Å². The largest absolute Gasteiger partial charge is 0.480 e. The first-order valence-electron chi connectivity index (χ1n) is 6.98. The molecule has 114 valence electrons. The minimum atomic E-state index is -1.11. The zero-order chi connectivity index (χ0) is 15.1. The van der Waals surface area contributed by atoms with Crippen molar-refractivity contribution in [1.82, 2.24) is 5.32 Å². The molecule has 1 fully saturated rings. The van der Waals surface area contributed by atoms with Gasteiger partial charge in [0.25, 0.3) is 0 Å². The number of carboxylic acid groups (broad SMARTS) is 1. The Bertz CT molecular complexity index is 470. The van der Waals surface area contributed by atoms with Crippen LogP contribution in [-0.2, 0) is 20.9 Å². The van der Waals surface area contributed by atoms with Gasteiger partial charge in [-0.1, -0.05) is 30.3 Å². The van der Waals surface area contributed by atoms with Crippen LogP contribution in [0.1, 0.15) is 24.8 Å². The van der Waals surface area contributed by atoms with E-state index in [-0.39, 0.29) is 6.61 Å². The molecule has 0 saturated carbocycles. The Morgan fingerprint density at radius 2 is 2.10 bits per heavy atom. The number of hydrogen-bond donors (Lipinski definition) is 2. The number of hydrogen-bond acceptors (Lipinski definition) is 4. The third-order valence-corrected chi connectivity index (χ3v) is 3.34. The van der Waals surface area contributed by atoms with Crippen molar-refractivity contribution in [3.63, 3.8) is 0 Å². The fraction of sp³-hybridized carbons (Fsp3) is 0.467. The van der Waals surface area contributed by atoms with Crippen LogP contribution in [0.15, 0.2) is 30.3 Å². The van der Waals surface area contributed by atoms with E-state index in [0.29, 0.717) is 13.0 Å². The molecule has 21 heavy (non-hydrogen) atoms. The van der Waals surface area contributed by atoms with Gasteiger partial charge in [-0.15, -0.1) is 0 Å². The fourth-order valence-electron chi connectivity index (χ4n) is 2.23. The van der Waals surface area contributed by atoms with Gasteiger partial charge in [-0.2, -0.15) is 0 Å². The van der Waals surface area contributed by atoms with Crippen LogP contribution in [0.2, 0.25) is 0 Å². The van der Waals surface area contributed by atoms with Crippen LogP contribution in [-0.4, -0.2) is 35.9 Å². The number of carbonyl (C=O) groups excluding carboxylic acids is 1. The molecule has 0 aromatic heterocycles. The lowest BCUT2D eigenvalue weighted by Crippen LogP contribution is -2.50. The second-order valence-corrected chi connectivity index (χ2v) is 4.93. The summed E-state index contributed by atoms with van der Waals surface area (Å²) in [7, 11) is 0. The summed E-state index contributed by atoms with van der Waals surface area (Å²) in [6, 6.07) is 8.12. The van der Waals surface area contributed by atoms with Gasteiger partial charge in [-0.25, -0.2) is 9.59 Å². The van der Waals surface area contributed by atoms with Gasteiger partial charge in [0.1, 0.15) is 6.61 Å². The molecule has 1 heterocycles. The van der Waals surface area contributed by atoms with E-state index in [9.17, 15) is 14.7 Å². The monoisotopic (exact) mass is 293 g/mol. The minimum Gasteiger partial charge on any atom is -0.480 e. The number of benzene rings is 1. The highest BCUT2D eigenvalue weighted by molar-refractivity contribution is 5.80. The number of carboxylic acids is 1. The molecule has 6 heteroatoms. The lowest BCUT2D eigenvalue weighted by molar-refractivity contribution is -0.145. The maximum atomic E-state index is 11.7. The molecule has 2 unspecified atom stereocenters. The van der Waals surface area contributed by atoms with Crippen LogP contribution in [0.5, 0.6) is 0 Å². The van der Waals surface area contributed by atoms with Gasteiger partial charge in [0.15, 0.2) is 6.04 Å². The molecule has 0 aliphatic carbocycles. The van der Waals surface area contributed by atoms with Crippen molar-refractivity contribution in [3.05, 3.63) is 35.9 Å². The summed E-state index contributed by atoms with van der Waals surface area (Å²) in [4.78, 5) is 23.0. The number of ether oxygens (including phenoxy) is 2. The third-order valence-electron chi connectivity index (χ3n) is 3.34. The third kappa shape index (κ3) is 4.75. The SMILES string of the molecule is O=C(NC(C(=O)O)C1CCCCO1)OCc1ccccc1. The highest BCUT2D eigenvalue weighted by Gasteiger charge is 2.32. The lowest BCUT2D eigenvalue weighted by Gasteiger charge is -2.28. The average molecular weight is 293 g/mol. The molecule has 2 rings (SSSR count). The van der Waals surface area contributed by atoms with Gasteiger partial charge < -0.3 is 19.9 Å². The second-order valence-electron chi connectivity index (χ2n) is 4.93. The van der Waals surface area contributed by atoms with Crippen molar-refractivity contribution in [2.75, 3.05) is 6.61 Å². The highest BCUT2D eigenvalue weighted by Crippen LogP contribution is 2.16. The highest BCUT2D eigenvalue weighted by atomic mass is 16.5. The summed E-state index contributed by atoms with van der Waals surface area (Å²) < 4.78 is 10.4. The van der Waals surface area contributed by atoms with Crippen LogP contribution in [0.25, 0.3) is 0 Å². The first-order valence-corrected chi connectivity index (χ1v) is 6.98. The van der Waals surface area contributed by atoms with E-state index in [2.05, 4.69) is 5.32 Å². The normalized spacial score (nSPS) is 19.5.